The second kappa shape index (κ2) is 2.85. The number of aryl methyl sites for hydroxylation is 2. The minimum atomic E-state index is 0.582. The molecule has 0 bridgehead atoms. The molecule has 2 aromatic heterocycles. The summed E-state index contributed by atoms with van der Waals surface area (Å²) >= 11 is 1.43. The molecular weight excluding hydrogens is 184 g/mol. The smallest absolute Gasteiger partial charge is 0.180 e. The van der Waals surface area contributed by atoms with Crippen molar-refractivity contribution < 1.29 is 0 Å². The first-order valence-corrected chi connectivity index (χ1v) is 4.77. The van der Waals surface area contributed by atoms with Crippen molar-refractivity contribution in [2.75, 3.05) is 5.73 Å². The fourth-order valence-corrected chi connectivity index (χ4v) is 1.65. The number of nitrogens with two attached hydrogens (primary N) is 1. The number of nitrogens with zero attached hydrogens (tertiary/aromatic N) is 3. The lowest BCUT2D eigenvalue weighted by Crippen LogP contribution is -1.92. The molecule has 0 aliphatic carbocycles. The summed E-state index contributed by atoms with van der Waals surface area (Å²) in [7, 11) is 1.91. The highest BCUT2D eigenvalue weighted by atomic mass is 32.1. The molecule has 0 fully saturated rings. The van der Waals surface area contributed by atoms with E-state index in [1.165, 1.54) is 11.3 Å². The highest BCUT2D eigenvalue weighted by Crippen LogP contribution is 2.21. The zero-order valence-corrected chi connectivity index (χ0v) is 8.30. The number of aromatic nitrogens is 3. The Labute approximate surface area is 80.0 Å². The number of hydrogen-bond acceptors (Lipinski definition) is 4. The van der Waals surface area contributed by atoms with Gasteiger partial charge < -0.3 is 5.73 Å². The maximum Gasteiger partial charge on any atom is 0.180 e. The minimum absolute atomic E-state index is 0.582. The lowest BCUT2D eigenvalue weighted by Gasteiger charge is -1.88. The van der Waals surface area contributed by atoms with Gasteiger partial charge in [0.2, 0.25) is 0 Å². The topological polar surface area (TPSA) is 56.7 Å². The molecule has 5 heteroatoms. The van der Waals surface area contributed by atoms with Crippen LogP contribution in [-0.2, 0) is 7.05 Å². The molecule has 0 spiro atoms. The number of thiazole rings is 1. The largest absolute Gasteiger partial charge is 0.375 e. The summed E-state index contributed by atoms with van der Waals surface area (Å²) in [6, 6.07) is 1.99. The average Bonchev–Trinajstić information content (AvgIpc) is 2.61. The third-order valence-corrected chi connectivity index (χ3v) is 2.57. The predicted octanol–water partition coefficient (Wildman–Crippen LogP) is 1.43. The van der Waals surface area contributed by atoms with Gasteiger partial charge in [0.15, 0.2) is 5.13 Å². The molecule has 0 radical (unpaired) electrons. The number of nitrogen functional groups attached to an aromatic ring is 1. The van der Waals surface area contributed by atoms with Crippen LogP contribution >= 0.6 is 11.3 Å². The van der Waals surface area contributed by atoms with E-state index in [0.29, 0.717) is 5.13 Å². The second-order valence-electron chi connectivity index (χ2n) is 2.87. The van der Waals surface area contributed by atoms with Gasteiger partial charge in [-0.15, -0.1) is 11.3 Å². The Bertz CT molecular complexity index is 410. The van der Waals surface area contributed by atoms with E-state index >= 15 is 0 Å². The molecule has 0 unspecified atom stereocenters. The highest BCUT2D eigenvalue weighted by molar-refractivity contribution is 7.13. The van der Waals surface area contributed by atoms with Crippen LogP contribution in [0.4, 0.5) is 5.13 Å². The molecule has 0 aliphatic rings. The lowest BCUT2D eigenvalue weighted by molar-refractivity contribution is 0.742. The van der Waals surface area contributed by atoms with E-state index < -0.39 is 0 Å². The Morgan fingerprint density at radius 3 is 2.69 bits per heavy atom. The zero-order valence-electron chi connectivity index (χ0n) is 7.48. The van der Waals surface area contributed by atoms with Crippen LogP contribution in [0.15, 0.2) is 11.4 Å². The molecule has 0 saturated carbocycles. The number of hydrogen-bond donors (Lipinski definition) is 1. The van der Waals surface area contributed by atoms with E-state index in [0.717, 1.165) is 17.1 Å². The van der Waals surface area contributed by atoms with Gasteiger partial charge in [0.05, 0.1) is 0 Å². The van der Waals surface area contributed by atoms with Crippen molar-refractivity contribution in [2.24, 2.45) is 7.05 Å². The first kappa shape index (κ1) is 8.25. The Kier molecular flexibility index (Phi) is 1.81. The second-order valence-corrected chi connectivity index (χ2v) is 3.76. The van der Waals surface area contributed by atoms with Crippen molar-refractivity contribution in [3.8, 4) is 11.4 Å². The van der Waals surface area contributed by atoms with Crippen LogP contribution in [0.25, 0.3) is 11.4 Å². The van der Waals surface area contributed by atoms with Gasteiger partial charge >= 0.3 is 0 Å². The van der Waals surface area contributed by atoms with Gasteiger partial charge in [0.25, 0.3) is 0 Å². The summed E-state index contributed by atoms with van der Waals surface area (Å²) < 4.78 is 1.82. The first-order chi connectivity index (χ1) is 6.16. The van der Waals surface area contributed by atoms with Gasteiger partial charge in [-0.25, -0.2) is 4.98 Å². The van der Waals surface area contributed by atoms with E-state index in [2.05, 4.69) is 10.1 Å². The van der Waals surface area contributed by atoms with Gasteiger partial charge in [0, 0.05) is 18.1 Å². The molecule has 0 aliphatic heterocycles. The molecule has 2 N–H and O–H groups in total. The standard InChI is InChI=1S/C8H10N4S/c1-5-3-6(11-12(5)2)7-4-13-8(9)10-7/h3-4H,1-2H3,(H2,9,10). The van der Waals surface area contributed by atoms with E-state index in [-0.39, 0.29) is 0 Å². The number of rotatable bonds is 1. The lowest BCUT2D eigenvalue weighted by atomic mass is 10.3. The van der Waals surface area contributed by atoms with Crippen LogP contribution in [0, 0.1) is 6.92 Å². The van der Waals surface area contributed by atoms with Crippen molar-refractivity contribution in [2.45, 2.75) is 6.92 Å². The van der Waals surface area contributed by atoms with Gasteiger partial charge in [-0.05, 0) is 13.0 Å². The maximum atomic E-state index is 5.53. The van der Waals surface area contributed by atoms with Crippen LogP contribution in [0.3, 0.4) is 0 Å². The summed E-state index contributed by atoms with van der Waals surface area (Å²) in [6.45, 7) is 2.01. The highest BCUT2D eigenvalue weighted by Gasteiger charge is 2.06. The first-order valence-electron chi connectivity index (χ1n) is 3.89. The molecule has 0 aromatic carbocycles. The molecule has 2 heterocycles. The van der Waals surface area contributed by atoms with E-state index in [9.17, 15) is 0 Å². The van der Waals surface area contributed by atoms with Crippen LogP contribution in [0.2, 0.25) is 0 Å². The summed E-state index contributed by atoms with van der Waals surface area (Å²) in [5.74, 6) is 0. The normalized spacial score (nSPS) is 10.6. The van der Waals surface area contributed by atoms with Crippen molar-refractivity contribution in [3.63, 3.8) is 0 Å². The Morgan fingerprint density at radius 1 is 1.46 bits per heavy atom. The summed E-state index contributed by atoms with van der Waals surface area (Å²) in [4.78, 5) is 4.16. The fraction of sp³-hybridized carbons (Fsp3) is 0.250. The molecular formula is C8H10N4S. The maximum absolute atomic E-state index is 5.53. The Balaban J connectivity index is 2.46. The molecule has 2 rings (SSSR count). The van der Waals surface area contributed by atoms with E-state index in [4.69, 9.17) is 5.73 Å². The zero-order chi connectivity index (χ0) is 9.42. The predicted molar refractivity (Wildman–Crippen MR) is 53.5 cm³/mol. The SMILES string of the molecule is Cc1cc(-c2csc(N)n2)nn1C. The third-order valence-electron chi connectivity index (χ3n) is 1.90. The Morgan fingerprint density at radius 2 is 2.23 bits per heavy atom. The monoisotopic (exact) mass is 194 g/mol. The average molecular weight is 194 g/mol. The van der Waals surface area contributed by atoms with Gasteiger partial charge in [0.1, 0.15) is 11.4 Å². The minimum Gasteiger partial charge on any atom is -0.375 e. The van der Waals surface area contributed by atoms with Gasteiger partial charge in [-0.2, -0.15) is 5.10 Å². The molecule has 2 aromatic rings. The van der Waals surface area contributed by atoms with Gasteiger partial charge in [-0.1, -0.05) is 0 Å². The Hall–Kier alpha value is -1.36. The van der Waals surface area contributed by atoms with E-state index in [1.807, 2.05) is 30.1 Å². The third kappa shape index (κ3) is 1.42. The van der Waals surface area contributed by atoms with Crippen LogP contribution in [-0.4, -0.2) is 14.8 Å². The number of anilines is 1. The van der Waals surface area contributed by atoms with Crippen molar-refractivity contribution >= 4 is 16.5 Å². The van der Waals surface area contributed by atoms with Crippen LogP contribution in [0.5, 0.6) is 0 Å². The fourth-order valence-electron chi connectivity index (χ4n) is 1.09. The summed E-state index contributed by atoms with van der Waals surface area (Å²) in [5.41, 5.74) is 8.38. The van der Waals surface area contributed by atoms with Crippen molar-refractivity contribution in [1.82, 2.24) is 14.8 Å². The van der Waals surface area contributed by atoms with Crippen molar-refractivity contribution in [1.29, 1.82) is 0 Å². The molecule has 13 heavy (non-hydrogen) atoms. The summed E-state index contributed by atoms with van der Waals surface area (Å²) in [5, 5.41) is 6.79. The molecule has 0 atom stereocenters. The van der Waals surface area contributed by atoms with Crippen LogP contribution in [0.1, 0.15) is 5.69 Å². The van der Waals surface area contributed by atoms with E-state index in [1.54, 1.807) is 0 Å². The van der Waals surface area contributed by atoms with Crippen molar-refractivity contribution in [3.05, 3.63) is 17.1 Å². The summed E-state index contributed by atoms with van der Waals surface area (Å²) in [6.07, 6.45) is 0. The molecule has 0 saturated heterocycles. The van der Waals surface area contributed by atoms with Gasteiger partial charge in [-0.3, -0.25) is 4.68 Å². The molecule has 4 nitrogen and oxygen atoms in total. The molecule has 0 amide bonds. The molecule has 68 valence electrons. The van der Waals surface area contributed by atoms with Crippen LogP contribution < -0.4 is 5.73 Å². The quantitative estimate of drug-likeness (QED) is 0.747.